The van der Waals surface area contributed by atoms with E-state index in [1.54, 1.807) is 5.38 Å². The molecule has 5 heteroatoms. The quantitative estimate of drug-likeness (QED) is 0.824. The third kappa shape index (κ3) is 2.17. The van der Waals surface area contributed by atoms with Crippen molar-refractivity contribution in [2.75, 3.05) is 0 Å². The predicted octanol–water partition coefficient (Wildman–Crippen LogP) is 2.03. The molecule has 0 aliphatic carbocycles. The number of terminal acetylenes is 1. The largest absolute Gasteiger partial charge is 0.364 e. The molecule has 0 aliphatic rings. The summed E-state index contributed by atoms with van der Waals surface area (Å²) in [5, 5.41) is 1.71. The highest BCUT2D eigenvalue weighted by atomic mass is 32.1. The molecule has 0 saturated heterocycles. The molecule has 0 unspecified atom stereocenters. The Bertz CT molecular complexity index is 628. The zero-order valence-corrected chi connectivity index (χ0v) is 9.42. The van der Waals surface area contributed by atoms with Crippen molar-refractivity contribution in [1.29, 1.82) is 0 Å². The van der Waals surface area contributed by atoms with Crippen molar-refractivity contribution in [1.82, 2.24) is 4.98 Å². The zero-order valence-electron chi connectivity index (χ0n) is 8.61. The highest BCUT2D eigenvalue weighted by Gasteiger charge is 2.12. The van der Waals surface area contributed by atoms with Crippen LogP contribution in [0.4, 0.5) is 4.39 Å². The number of hydrogen-bond donors (Lipinski definition) is 1. The number of thiazole rings is 1. The monoisotopic (exact) mass is 246 g/mol. The first-order valence-electron chi connectivity index (χ1n) is 4.63. The van der Waals surface area contributed by atoms with Crippen LogP contribution in [0.5, 0.6) is 0 Å². The van der Waals surface area contributed by atoms with Crippen molar-refractivity contribution < 1.29 is 9.18 Å². The number of benzene rings is 1. The van der Waals surface area contributed by atoms with E-state index in [4.69, 9.17) is 12.2 Å². The minimum Gasteiger partial charge on any atom is -0.364 e. The fourth-order valence-electron chi connectivity index (χ4n) is 1.32. The van der Waals surface area contributed by atoms with Crippen LogP contribution < -0.4 is 5.73 Å². The van der Waals surface area contributed by atoms with Gasteiger partial charge in [-0.15, -0.1) is 17.8 Å². The summed E-state index contributed by atoms with van der Waals surface area (Å²) in [4.78, 5) is 14.8. The summed E-state index contributed by atoms with van der Waals surface area (Å²) in [5.41, 5.74) is 6.26. The van der Waals surface area contributed by atoms with Gasteiger partial charge in [-0.1, -0.05) is 5.92 Å². The molecule has 1 aromatic carbocycles. The van der Waals surface area contributed by atoms with Crippen LogP contribution in [-0.4, -0.2) is 10.9 Å². The van der Waals surface area contributed by atoms with Gasteiger partial charge < -0.3 is 5.73 Å². The summed E-state index contributed by atoms with van der Waals surface area (Å²) >= 11 is 1.07. The van der Waals surface area contributed by atoms with Crippen LogP contribution in [0.1, 0.15) is 15.4 Å². The Kier molecular flexibility index (Phi) is 2.90. The van der Waals surface area contributed by atoms with E-state index in [-0.39, 0.29) is 10.6 Å². The van der Waals surface area contributed by atoms with Crippen molar-refractivity contribution in [3.63, 3.8) is 0 Å². The number of carbonyl (C=O) groups is 1. The van der Waals surface area contributed by atoms with Crippen molar-refractivity contribution in [3.05, 3.63) is 40.0 Å². The Labute approximate surface area is 101 Å². The van der Waals surface area contributed by atoms with Crippen molar-refractivity contribution >= 4 is 17.2 Å². The molecule has 0 bridgehead atoms. The Morgan fingerprint density at radius 3 is 2.88 bits per heavy atom. The number of amides is 1. The smallest absolute Gasteiger partial charge is 0.277 e. The maximum atomic E-state index is 13.6. The maximum Gasteiger partial charge on any atom is 0.277 e. The summed E-state index contributed by atoms with van der Waals surface area (Å²) in [7, 11) is 0. The van der Waals surface area contributed by atoms with E-state index in [1.165, 1.54) is 18.2 Å². The van der Waals surface area contributed by atoms with Gasteiger partial charge >= 0.3 is 0 Å². The lowest BCUT2D eigenvalue weighted by Crippen LogP contribution is -2.10. The third-order valence-corrected chi connectivity index (χ3v) is 2.98. The zero-order chi connectivity index (χ0) is 12.4. The number of nitrogens with zero attached hydrogens (tertiary/aromatic N) is 1. The first kappa shape index (κ1) is 11.3. The minimum atomic E-state index is -0.630. The van der Waals surface area contributed by atoms with Gasteiger partial charge in [-0.05, 0) is 18.2 Å². The molecule has 1 heterocycles. The number of primary amides is 1. The summed E-state index contributed by atoms with van der Waals surface area (Å²) < 4.78 is 13.6. The van der Waals surface area contributed by atoms with Crippen LogP contribution in [0.2, 0.25) is 0 Å². The molecule has 2 rings (SSSR count). The molecule has 0 saturated carbocycles. The first-order valence-corrected chi connectivity index (χ1v) is 5.51. The van der Waals surface area contributed by atoms with Crippen LogP contribution >= 0.6 is 11.3 Å². The standard InChI is InChI=1S/C12H7FN2OS/c1-2-7-3-4-9(13)8(5-7)10-6-17-12(15-10)11(14)16/h1,3-6H,(H2,14,16). The normalized spacial score (nSPS) is 9.88. The van der Waals surface area contributed by atoms with Gasteiger partial charge in [0.25, 0.3) is 5.91 Å². The molecule has 0 aliphatic heterocycles. The maximum absolute atomic E-state index is 13.6. The van der Waals surface area contributed by atoms with Gasteiger partial charge in [-0.25, -0.2) is 9.37 Å². The van der Waals surface area contributed by atoms with Gasteiger partial charge in [-0.3, -0.25) is 4.79 Å². The highest BCUT2D eigenvalue weighted by Crippen LogP contribution is 2.25. The van der Waals surface area contributed by atoms with Crippen molar-refractivity contribution in [2.24, 2.45) is 5.73 Å². The number of halogens is 1. The summed E-state index contributed by atoms with van der Waals surface area (Å²) in [6, 6.07) is 4.28. The Morgan fingerprint density at radius 2 is 2.29 bits per heavy atom. The van der Waals surface area contributed by atoms with Crippen molar-refractivity contribution in [2.45, 2.75) is 0 Å². The van der Waals surface area contributed by atoms with E-state index in [1.807, 2.05) is 0 Å². The number of carbonyl (C=O) groups excluding carboxylic acids is 1. The van der Waals surface area contributed by atoms with E-state index in [9.17, 15) is 9.18 Å². The molecule has 17 heavy (non-hydrogen) atoms. The lowest BCUT2D eigenvalue weighted by Gasteiger charge is -2.00. The molecule has 0 radical (unpaired) electrons. The van der Waals surface area contributed by atoms with E-state index in [0.717, 1.165) is 11.3 Å². The van der Waals surface area contributed by atoms with Crippen LogP contribution in [0.3, 0.4) is 0 Å². The Morgan fingerprint density at radius 1 is 1.53 bits per heavy atom. The number of rotatable bonds is 2. The molecule has 1 aromatic heterocycles. The van der Waals surface area contributed by atoms with Crippen molar-refractivity contribution in [3.8, 4) is 23.6 Å². The summed E-state index contributed by atoms with van der Waals surface area (Å²) in [6.45, 7) is 0. The lowest BCUT2D eigenvalue weighted by atomic mass is 10.1. The van der Waals surface area contributed by atoms with E-state index in [2.05, 4.69) is 10.9 Å². The van der Waals surface area contributed by atoms with E-state index >= 15 is 0 Å². The molecule has 2 aromatic rings. The number of hydrogen-bond acceptors (Lipinski definition) is 3. The molecule has 0 fully saturated rings. The predicted molar refractivity (Wildman–Crippen MR) is 64.0 cm³/mol. The molecule has 0 atom stereocenters. The Hall–Kier alpha value is -2.19. The van der Waals surface area contributed by atoms with Crippen LogP contribution in [0.25, 0.3) is 11.3 Å². The highest BCUT2D eigenvalue weighted by molar-refractivity contribution is 7.12. The third-order valence-electron chi connectivity index (χ3n) is 2.12. The second kappa shape index (κ2) is 4.36. The minimum absolute atomic E-state index is 0.144. The Balaban J connectivity index is 2.52. The molecule has 2 N–H and O–H groups in total. The molecule has 84 valence electrons. The fraction of sp³-hybridized carbons (Fsp3) is 0. The van der Waals surface area contributed by atoms with Crippen LogP contribution in [0, 0.1) is 18.2 Å². The first-order chi connectivity index (χ1) is 8.11. The van der Waals surface area contributed by atoms with Crippen LogP contribution in [0.15, 0.2) is 23.6 Å². The van der Waals surface area contributed by atoms with Gasteiger partial charge in [0.05, 0.1) is 5.69 Å². The number of aromatic nitrogens is 1. The van der Waals surface area contributed by atoms with Gasteiger partial charge in [0.1, 0.15) is 5.82 Å². The summed E-state index contributed by atoms with van der Waals surface area (Å²) in [6.07, 6.45) is 5.24. The second-order valence-corrected chi connectivity index (χ2v) is 4.10. The topological polar surface area (TPSA) is 56.0 Å². The second-order valence-electron chi connectivity index (χ2n) is 3.24. The SMILES string of the molecule is C#Cc1ccc(F)c(-c2csc(C(N)=O)n2)c1. The average Bonchev–Trinajstić information content (AvgIpc) is 2.79. The average molecular weight is 246 g/mol. The van der Waals surface area contributed by atoms with E-state index < -0.39 is 11.7 Å². The molecule has 0 spiro atoms. The van der Waals surface area contributed by atoms with Gasteiger partial charge in [0, 0.05) is 16.5 Å². The van der Waals surface area contributed by atoms with Gasteiger partial charge in [-0.2, -0.15) is 0 Å². The van der Waals surface area contributed by atoms with Crippen LogP contribution in [-0.2, 0) is 0 Å². The van der Waals surface area contributed by atoms with E-state index in [0.29, 0.717) is 11.3 Å². The van der Waals surface area contributed by atoms with Gasteiger partial charge in [0.15, 0.2) is 5.01 Å². The molecular weight excluding hydrogens is 239 g/mol. The summed E-state index contributed by atoms with van der Waals surface area (Å²) in [5.74, 6) is 1.34. The number of nitrogens with two attached hydrogens (primary N) is 1. The molecule has 1 amide bonds. The molecule has 3 nitrogen and oxygen atoms in total. The fourth-order valence-corrected chi connectivity index (χ4v) is 1.99. The van der Waals surface area contributed by atoms with Gasteiger partial charge in [0.2, 0.25) is 0 Å². The molecular formula is C12H7FN2OS. The lowest BCUT2D eigenvalue weighted by molar-refractivity contribution is 0.1000.